The molecule has 0 saturated heterocycles. The molecule has 1 aromatic heterocycles. The van der Waals surface area contributed by atoms with Crippen LogP contribution < -0.4 is 16.0 Å². The summed E-state index contributed by atoms with van der Waals surface area (Å²) in [5.41, 5.74) is 2.60. The van der Waals surface area contributed by atoms with Gasteiger partial charge >= 0.3 is 0 Å². The number of hydrogen-bond donors (Lipinski definition) is 3. The van der Waals surface area contributed by atoms with E-state index in [1.54, 1.807) is 24.3 Å². The van der Waals surface area contributed by atoms with Gasteiger partial charge < -0.3 is 16.0 Å². The zero-order valence-corrected chi connectivity index (χ0v) is 16.9. The van der Waals surface area contributed by atoms with E-state index < -0.39 is 0 Å². The van der Waals surface area contributed by atoms with Crippen molar-refractivity contribution in [3.8, 4) is 0 Å². The first-order chi connectivity index (χ1) is 13.4. The topological polar surface area (TPSA) is 78.9 Å². The lowest BCUT2D eigenvalue weighted by atomic mass is 10.2. The molecule has 1 heterocycles. The van der Waals surface area contributed by atoms with Gasteiger partial charge in [0.2, 0.25) is 5.95 Å². The first kappa shape index (κ1) is 19.9. The van der Waals surface area contributed by atoms with E-state index in [1.807, 2.05) is 32.0 Å². The highest BCUT2D eigenvalue weighted by atomic mass is 35.5. The molecule has 3 N–H and O–H groups in total. The predicted octanol–water partition coefficient (Wildman–Crippen LogP) is 5.52. The first-order valence-corrected chi connectivity index (χ1v) is 9.43. The molecular formula is C20H19Cl2N5O. The average Bonchev–Trinajstić information content (AvgIpc) is 2.65. The van der Waals surface area contributed by atoms with Crippen LogP contribution in [0.2, 0.25) is 10.0 Å². The van der Waals surface area contributed by atoms with Gasteiger partial charge in [-0.25, -0.2) is 4.98 Å². The molecule has 0 saturated carbocycles. The minimum atomic E-state index is -0.328. The molecule has 8 heteroatoms. The zero-order valence-electron chi connectivity index (χ0n) is 15.4. The van der Waals surface area contributed by atoms with Crippen molar-refractivity contribution < 1.29 is 4.79 Å². The van der Waals surface area contributed by atoms with E-state index in [2.05, 4.69) is 25.9 Å². The smallest absolute Gasteiger partial charge is 0.257 e. The number of aromatic nitrogens is 2. The number of carbonyl (C=O) groups is 1. The van der Waals surface area contributed by atoms with E-state index in [0.29, 0.717) is 27.2 Å². The Kier molecular flexibility index (Phi) is 6.34. The van der Waals surface area contributed by atoms with E-state index in [4.69, 9.17) is 23.2 Å². The Bertz CT molecular complexity index is 992. The molecule has 3 aromatic rings. The maximum atomic E-state index is 12.4. The quantitative estimate of drug-likeness (QED) is 0.493. The number of aryl methyl sites for hydroxylation is 1. The third-order valence-corrected chi connectivity index (χ3v) is 4.35. The van der Waals surface area contributed by atoms with Gasteiger partial charge in [-0.1, -0.05) is 23.2 Å². The normalized spacial score (nSPS) is 10.4. The van der Waals surface area contributed by atoms with E-state index in [-0.39, 0.29) is 5.91 Å². The third-order valence-electron chi connectivity index (χ3n) is 3.78. The van der Waals surface area contributed by atoms with Crippen LogP contribution in [0.5, 0.6) is 0 Å². The summed E-state index contributed by atoms with van der Waals surface area (Å²) in [6.45, 7) is 4.70. The van der Waals surface area contributed by atoms with Crippen LogP contribution in [0.25, 0.3) is 0 Å². The molecule has 144 valence electrons. The van der Waals surface area contributed by atoms with Crippen LogP contribution in [-0.4, -0.2) is 22.4 Å². The number of halogens is 2. The number of nitrogens with one attached hydrogen (secondary N) is 3. The van der Waals surface area contributed by atoms with Gasteiger partial charge in [0, 0.05) is 34.7 Å². The molecule has 0 bridgehead atoms. The van der Waals surface area contributed by atoms with Crippen LogP contribution in [0.4, 0.5) is 23.1 Å². The fraction of sp³-hybridized carbons (Fsp3) is 0.150. The molecule has 3 rings (SSSR count). The van der Waals surface area contributed by atoms with Crippen molar-refractivity contribution in [3.05, 3.63) is 69.8 Å². The van der Waals surface area contributed by atoms with Gasteiger partial charge in [-0.05, 0) is 56.3 Å². The summed E-state index contributed by atoms with van der Waals surface area (Å²) in [5.74, 6) is 0.934. The molecular weight excluding hydrogens is 397 g/mol. The maximum Gasteiger partial charge on any atom is 0.257 e. The van der Waals surface area contributed by atoms with Gasteiger partial charge in [-0.15, -0.1) is 0 Å². The molecule has 1 amide bonds. The molecule has 0 radical (unpaired) electrons. The maximum absolute atomic E-state index is 12.4. The fourth-order valence-electron chi connectivity index (χ4n) is 2.53. The van der Waals surface area contributed by atoms with Crippen LogP contribution in [0.1, 0.15) is 23.0 Å². The Morgan fingerprint density at radius 3 is 2.43 bits per heavy atom. The van der Waals surface area contributed by atoms with Gasteiger partial charge in [0.1, 0.15) is 5.82 Å². The van der Waals surface area contributed by atoms with Crippen LogP contribution in [-0.2, 0) is 0 Å². The largest absolute Gasteiger partial charge is 0.370 e. The van der Waals surface area contributed by atoms with Crippen molar-refractivity contribution in [2.75, 3.05) is 22.5 Å². The molecule has 0 spiro atoms. The number of benzene rings is 2. The lowest BCUT2D eigenvalue weighted by molar-refractivity contribution is 0.102. The summed E-state index contributed by atoms with van der Waals surface area (Å²) in [4.78, 5) is 21.2. The molecule has 0 aliphatic heterocycles. The Balaban J connectivity index is 1.70. The molecule has 0 aliphatic rings. The first-order valence-electron chi connectivity index (χ1n) is 8.67. The summed E-state index contributed by atoms with van der Waals surface area (Å²) in [7, 11) is 0. The second kappa shape index (κ2) is 8.91. The number of anilines is 4. The van der Waals surface area contributed by atoms with Crippen molar-refractivity contribution in [3.63, 3.8) is 0 Å². The molecule has 28 heavy (non-hydrogen) atoms. The molecule has 0 atom stereocenters. The average molecular weight is 416 g/mol. The monoisotopic (exact) mass is 415 g/mol. The molecule has 0 aliphatic carbocycles. The van der Waals surface area contributed by atoms with Gasteiger partial charge in [0.05, 0.1) is 10.6 Å². The molecule has 0 unspecified atom stereocenters. The van der Waals surface area contributed by atoms with Gasteiger partial charge in [0.15, 0.2) is 0 Å². The van der Waals surface area contributed by atoms with Crippen LogP contribution >= 0.6 is 23.2 Å². The Morgan fingerprint density at radius 1 is 1.00 bits per heavy atom. The van der Waals surface area contributed by atoms with Crippen molar-refractivity contribution in [1.82, 2.24) is 9.97 Å². The zero-order chi connectivity index (χ0) is 20.1. The van der Waals surface area contributed by atoms with E-state index >= 15 is 0 Å². The number of amides is 1. The lowest BCUT2D eigenvalue weighted by Crippen LogP contribution is -2.12. The van der Waals surface area contributed by atoms with Crippen molar-refractivity contribution in [1.29, 1.82) is 0 Å². The highest BCUT2D eigenvalue weighted by molar-refractivity contribution is 6.36. The SMILES string of the molecule is CCNc1cc(C)nc(Nc2ccc(NC(=O)c3cc(Cl)ccc3Cl)cc2)n1. The third kappa shape index (κ3) is 5.12. The highest BCUT2D eigenvalue weighted by Crippen LogP contribution is 2.23. The summed E-state index contributed by atoms with van der Waals surface area (Å²) >= 11 is 12.0. The standard InChI is InChI=1S/C20H19Cl2N5O/c1-3-23-18-10-12(2)24-20(27-18)26-15-7-5-14(6-8-15)25-19(28)16-11-13(21)4-9-17(16)22/h4-11H,3H2,1-2H3,(H,25,28)(H2,23,24,26,27). The van der Waals surface area contributed by atoms with E-state index in [9.17, 15) is 4.79 Å². The van der Waals surface area contributed by atoms with Crippen molar-refractivity contribution in [2.24, 2.45) is 0 Å². The molecule has 2 aromatic carbocycles. The highest BCUT2D eigenvalue weighted by Gasteiger charge is 2.11. The van der Waals surface area contributed by atoms with Gasteiger partial charge in [-0.3, -0.25) is 4.79 Å². The Hall–Kier alpha value is -2.83. The summed E-state index contributed by atoms with van der Waals surface area (Å²) < 4.78 is 0. The van der Waals surface area contributed by atoms with Crippen LogP contribution in [0.3, 0.4) is 0 Å². The fourth-order valence-corrected chi connectivity index (χ4v) is 2.91. The Labute approximate surface area is 173 Å². The van der Waals surface area contributed by atoms with Crippen LogP contribution in [0.15, 0.2) is 48.5 Å². The minimum absolute atomic E-state index is 0.320. The minimum Gasteiger partial charge on any atom is -0.370 e. The summed E-state index contributed by atoms with van der Waals surface area (Å²) in [6, 6.07) is 13.9. The molecule has 0 fully saturated rings. The predicted molar refractivity (Wildman–Crippen MR) is 115 cm³/mol. The van der Waals surface area contributed by atoms with E-state index in [0.717, 1.165) is 23.7 Å². The Morgan fingerprint density at radius 2 is 1.71 bits per heavy atom. The number of nitrogens with zero attached hydrogens (tertiary/aromatic N) is 2. The number of hydrogen-bond acceptors (Lipinski definition) is 5. The summed E-state index contributed by atoms with van der Waals surface area (Å²) in [5, 5.41) is 9.92. The second-order valence-electron chi connectivity index (χ2n) is 6.03. The second-order valence-corrected chi connectivity index (χ2v) is 6.87. The lowest BCUT2D eigenvalue weighted by Gasteiger charge is -2.10. The van der Waals surface area contributed by atoms with Crippen LogP contribution in [0, 0.1) is 6.92 Å². The van der Waals surface area contributed by atoms with Gasteiger partial charge in [0.25, 0.3) is 5.91 Å². The molecule has 6 nitrogen and oxygen atoms in total. The van der Waals surface area contributed by atoms with Crippen molar-refractivity contribution in [2.45, 2.75) is 13.8 Å². The summed E-state index contributed by atoms with van der Waals surface area (Å²) in [6.07, 6.45) is 0. The van der Waals surface area contributed by atoms with E-state index in [1.165, 1.54) is 6.07 Å². The number of rotatable bonds is 6. The number of carbonyl (C=O) groups excluding carboxylic acids is 1. The van der Waals surface area contributed by atoms with Gasteiger partial charge in [-0.2, -0.15) is 4.98 Å². The van der Waals surface area contributed by atoms with Crippen molar-refractivity contribution >= 4 is 52.3 Å².